The first kappa shape index (κ1) is 13.7. The molecule has 0 spiro atoms. The maximum Gasteiger partial charge on any atom is 0.205 e. The van der Waals surface area contributed by atoms with E-state index in [1.807, 2.05) is 54.6 Å². The van der Waals surface area contributed by atoms with Crippen LogP contribution in [0.1, 0.15) is 22.5 Å². The Morgan fingerprint density at radius 1 is 0.727 bits per heavy atom. The zero-order valence-electron chi connectivity index (χ0n) is 11.8. The summed E-state index contributed by atoms with van der Waals surface area (Å²) in [6, 6.07) is 13.9. The average Bonchev–Trinajstić information content (AvgIpc) is 2.61. The number of pyridine rings is 1. The fourth-order valence-electron chi connectivity index (χ4n) is 1.81. The Morgan fingerprint density at radius 2 is 1.50 bits per heavy atom. The standard InChI is InChI=1S/C19H13N3/c1-2-5-16(6-3-1)8-9-18-14-21-19(22-15-18)11-10-17-7-4-12-20-13-17/h1-9,12-15H. The average molecular weight is 283 g/mol. The predicted molar refractivity (Wildman–Crippen MR) is 87.6 cm³/mol. The minimum Gasteiger partial charge on any atom is -0.263 e. The first-order chi connectivity index (χ1) is 10.9. The molecule has 0 N–H and O–H groups in total. The van der Waals surface area contributed by atoms with Crippen molar-refractivity contribution in [2.45, 2.75) is 0 Å². The van der Waals surface area contributed by atoms with Gasteiger partial charge in [0.1, 0.15) is 0 Å². The van der Waals surface area contributed by atoms with Crippen LogP contribution in [0.3, 0.4) is 0 Å². The van der Waals surface area contributed by atoms with Crippen molar-refractivity contribution in [1.82, 2.24) is 15.0 Å². The minimum absolute atomic E-state index is 0.501. The van der Waals surface area contributed by atoms with Crippen LogP contribution in [0.25, 0.3) is 12.2 Å². The molecule has 3 rings (SSSR count). The molecule has 0 unspecified atom stereocenters. The zero-order valence-corrected chi connectivity index (χ0v) is 11.8. The summed E-state index contributed by atoms with van der Waals surface area (Å²) >= 11 is 0. The molecular formula is C19H13N3. The van der Waals surface area contributed by atoms with Crippen LogP contribution in [0.5, 0.6) is 0 Å². The molecule has 3 heteroatoms. The Morgan fingerprint density at radius 3 is 2.23 bits per heavy atom. The highest BCUT2D eigenvalue weighted by Gasteiger charge is 1.92. The third kappa shape index (κ3) is 3.87. The first-order valence-corrected chi connectivity index (χ1v) is 6.87. The van der Waals surface area contributed by atoms with Crippen LogP contribution < -0.4 is 0 Å². The molecule has 0 aliphatic carbocycles. The molecule has 3 aromatic rings. The van der Waals surface area contributed by atoms with E-state index in [-0.39, 0.29) is 0 Å². The van der Waals surface area contributed by atoms with Gasteiger partial charge in [-0.3, -0.25) is 4.98 Å². The normalized spacial score (nSPS) is 10.2. The summed E-state index contributed by atoms with van der Waals surface area (Å²) in [4.78, 5) is 12.5. The van der Waals surface area contributed by atoms with E-state index in [1.54, 1.807) is 24.8 Å². The lowest BCUT2D eigenvalue weighted by Crippen LogP contribution is -1.88. The van der Waals surface area contributed by atoms with Gasteiger partial charge in [-0.25, -0.2) is 9.97 Å². The maximum absolute atomic E-state index is 4.25. The van der Waals surface area contributed by atoms with Crippen molar-refractivity contribution in [2.24, 2.45) is 0 Å². The van der Waals surface area contributed by atoms with E-state index in [9.17, 15) is 0 Å². The Labute approximate surface area is 129 Å². The van der Waals surface area contributed by atoms with Gasteiger partial charge in [0.05, 0.1) is 0 Å². The molecule has 0 fully saturated rings. The van der Waals surface area contributed by atoms with E-state index in [2.05, 4.69) is 26.8 Å². The molecule has 2 heterocycles. The summed E-state index contributed by atoms with van der Waals surface area (Å²) in [6.45, 7) is 0. The Kier molecular flexibility index (Phi) is 4.34. The quantitative estimate of drug-likeness (QED) is 0.676. The van der Waals surface area contributed by atoms with Crippen molar-refractivity contribution >= 4 is 12.2 Å². The van der Waals surface area contributed by atoms with E-state index in [4.69, 9.17) is 0 Å². The van der Waals surface area contributed by atoms with E-state index in [0.717, 1.165) is 16.7 Å². The second kappa shape index (κ2) is 6.96. The molecule has 0 amide bonds. The SMILES string of the molecule is C(#Cc1ncc(C=Cc2ccccc2)cn1)c1cccnc1. The highest BCUT2D eigenvalue weighted by Crippen LogP contribution is 2.06. The molecule has 0 saturated carbocycles. The van der Waals surface area contributed by atoms with Gasteiger partial charge in [0.15, 0.2) is 0 Å². The lowest BCUT2D eigenvalue weighted by atomic mass is 10.2. The van der Waals surface area contributed by atoms with Crippen molar-refractivity contribution in [3.8, 4) is 11.8 Å². The summed E-state index contributed by atoms with van der Waals surface area (Å²) in [7, 11) is 0. The number of hydrogen-bond donors (Lipinski definition) is 0. The first-order valence-electron chi connectivity index (χ1n) is 6.87. The fourth-order valence-corrected chi connectivity index (χ4v) is 1.81. The molecule has 1 aromatic carbocycles. The molecule has 0 aliphatic heterocycles. The van der Waals surface area contributed by atoms with Crippen LogP contribution in [0.15, 0.2) is 67.3 Å². The van der Waals surface area contributed by atoms with Crippen LogP contribution in [-0.2, 0) is 0 Å². The van der Waals surface area contributed by atoms with E-state index < -0.39 is 0 Å². The number of benzene rings is 1. The molecule has 0 radical (unpaired) electrons. The van der Waals surface area contributed by atoms with Crippen LogP contribution in [0, 0.1) is 11.8 Å². The van der Waals surface area contributed by atoms with E-state index in [0.29, 0.717) is 5.82 Å². The minimum atomic E-state index is 0.501. The molecule has 0 atom stereocenters. The van der Waals surface area contributed by atoms with Gasteiger partial charge in [-0.15, -0.1) is 0 Å². The summed E-state index contributed by atoms with van der Waals surface area (Å²) in [5, 5.41) is 0. The van der Waals surface area contributed by atoms with Crippen LogP contribution >= 0.6 is 0 Å². The van der Waals surface area contributed by atoms with Crippen molar-refractivity contribution < 1.29 is 0 Å². The highest BCUT2D eigenvalue weighted by atomic mass is 14.8. The highest BCUT2D eigenvalue weighted by molar-refractivity contribution is 5.68. The molecule has 0 saturated heterocycles. The Balaban J connectivity index is 1.71. The van der Waals surface area contributed by atoms with Crippen LogP contribution in [0.2, 0.25) is 0 Å². The van der Waals surface area contributed by atoms with Gasteiger partial charge in [-0.2, -0.15) is 0 Å². The molecule has 3 nitrogen and oxygen atoms in total. The predicted octanol–water partition coefficient (Wildman–Crippen LogP) is 3.44. The van der Waals surface area contributed by atoms with Gasteiger partial charge in [0.2, 0.25) is 5.82 Å². The largest absolute Gasteiger partial charge is 0.263 e. The van der Waals surface area contributed by atoms with Gasteiger partial charge in [0.25, 0.3) is 0 Å². The third-order valence-corrected chi connectivity index (χ3v) is 2.92. The smallest absolute Gasteiger partial charge is 0.205 e. The van der Waals surface area contributed by atoms with Gasteiger partial charge in [0, 0.05) is 35.9 Å². The van der Waals surface area contributed by atoms with Crippen LogP contribution in [0.4, 0.5) is 0 Å². The summed E-state index contributed by atoms with van der Waals surface area (Å²) in [5.74, 6) is 6.41. The van der Waals surface area contributed by atoms with E-state index >= 15 is 0 Å². The maximum atomic E-state index is 4.25. The Hall–Kier alpha value is -3.25. The molecule has 22 heavy (non-hydrogen) atoms. The number of hydrogen-bond acceptors (Lipinski definition) is 3. The second-order valence-corrected chi connectivity index (χ2v) is 4.58. The second-order valence-electron chi connectivity index (χ2n) is 4.58. The lowest BCUT2D eigenvalue weighted by Gasteiger charge is -1.94. The number of aromatic nitrogens is 3. The molecule has 2 aromatic heterocycles. The lowest BCUT2D eigenvalue weighted by molar-refractivity contribution is 1.12. The summed E-state index contributed by atoms with van der Waals surface area (Å²) in [5.41, 5.74) is 2.93. The summed E-state index contributed by atoms with van der Waals surface area (Å²) < 4.78 is 0. The molecular weight excluding hydrogens is 270 g/mol. The zero-order chi connectivity index (χ0) is 15.0. The van der Waals surface area contributed by atoms with Gasteiger partial charge in [-0.1, -0.05) is 48.4 Å². The monoisotopic (exact) mass is 283 g/mol. The topological polar surface area (TPSA) is 38.7 Å². The summed E-state index contributed by atoms with van der Waals surface area (Å²) in [6.07, 6.45) is 11.0. The molecule has 104 valence electrons. The fraction of sp³-hybridized carbons (Fsp3) is 0. The number of rotatable bonds is 2. The van der Waals surface area contributed by atoms with Gasteiger partial charge < -0.3 is 0 Å². The van der Waals surface area contributed by atoms with E-state index in [1.165, 1.54) is 0 Å². The third-order valence-electron chi connectivity index (χ3n) is 2.92. The van der Waals surface area contributed by atoms with Crippen molar-refractivity contribution in [3.05, 3.63) is 89.8 Å². The van der Waals surface area contributed by atoms with Crippen molar-refractivity contribution in [1.29, 1.82) is 0 Å². The molecule has 0 aliphatic rings. The molecule has 0 bridgehead atoms. The van der Waals surface area contributed by atoms with Crippen LogP contribution in [-0.4, -0.2) is 15.0 Å². The number of nitrogens with zero attached hydrogens (tertiary/aromatic N) is 3. The van der Waals surface area contributed by atoms with Crippen molar-refractivity contribution in [3.63, 3.8) is 0 Å². The Bertz CT molecular complexity index is 811. The van der Waals surface area contributed by atoms with Gasteiger partial charge >= 0.3 is 0 Å². The van der Waals surface area contributed by atoms with Crippen molar-refractivity contribution in [2.75, 3.05) is 0 Å². The van der Waals surface area contributed by atoms with Gasteiger partial charge in [-0.05, 0) is 23.6 Å².